The van der Waals surface area contributed by atoms with E-state index in [0.717, 1.165) is 5.56 Å². The molecule has 0 spiro atoms. The topological polar surface area (TPSA) is 87.5 Å². The van der Waals surface area contributed by atoms with E-state index >= 15 is 0 Å². The zero-order valence-corrected chi connectivity index (χ0v) is 20.4. The third-order valence-corrected chi connectivity index (χ3v) is 6.93. The quantitative estimate of drug-likeness (QED) is 0.480. The van der Waals surface area contributed by atoms with Crippen LogP contribution in [-0.2, 0) is 9.53 Å². The number of hydrogen-bond donors (Lipinski definition) is 0. The second-order valence-electron chi connectivity index (χ2n) is 7.69. The molecule has 0 saturated carbocycles. The average molecular weight is 488 g/mol. The molecule has 0 aromatic carbocycles. The van der Waals surface area contributed by atoms with E-state index in [9.17, 15) is 14.4 Å². The summed E-state index contributed by atoms with van der Waals surface area (Å²) in [6.07, 6.45) is 3.00. The molecule has 2 amide bonds. The van der Waals surface area contributed by atoms with E-state index in [-0.39, 0.29) is 17.6 Å². The number of nitrogens with zero attached hydrogens (tertiary/aromatic N) is 5. The molecule has 0 radical (unpaired) electrons. The van der Waals surface area contributed by atoms with Crippen molar-refractivity contribution < 1.29 is 14.3 Å². The van der Waals surface area contributed by atoms with Gasteiger partial charge in [0.2, 0.25) is 0 Å². The number of anilines is 1. The number of hydrogen-bond acceptors (Lipinski definition) is 8. The molecule has 0 unspecified atom stereocenters. The minimum atomic E-state index is -0.345. The van der Waals surface area contributed by atoms with E-state index in [1.54, 1.807) is 30.2 Å². The summed E-state index contributed by atoms with van der Waals surface area (Å²) in [6, 6.07) is 3.70. The van der Waals surface area contributed by atoms with Crippen molar-refractivity contribution >= 4 is 57.8 Å². The van der Waals surface area contributed by atoms with Gasteiger partial charge in [0.1, 0.15) is 15.8 Å². The third-order valence-electron chi connectivity index (χ3n) is 5.56. The van der Waals surface area contributed by atoms with Crippen LogP contribution < -0.4 is 10.5 Å². The van der Waals surface area contributed by atoms with Crippen LogP contribution in [0.25, 0.3) is 11.7 Å². The number of piperazine rings is 1. The number of fused-ring (bicyclic) bond motifs is 1. The van der Waals surface area contributed by atoms with E-state index in [1.165, 1.54) is 21.1 Å². The van der Waals surface area contributed by atoms with Crippen LogP contribution in [0.1, 0.15) is 25.0 Å². The molecule has 2 aliphatic rings. The fraction of sp³-hybridized carbons (Fsp3) is 0.409. The van der Waals surface area contributed by atoms with Gasteiger partial charge in [-0.3, -0.25) is 18.9 Å². The van der Waals surface area contributed by atoms with Crippen LogP contribution >= 0.6 is 24.0 Å². The lowest BCUT2D eigenvalue weighted by molar-refractivity contribution is -0.121. The first-order valence-electron chi connectivity index (χ1n) is 10.8. The van der Waals surface area contributed by atoms with Gasteiger partial charge in [-0.15, -0.1) is 0 Å². The molecule has 4 heterocycles. The maximum absolute atomic E-state index is 13.5. The molecule has 2 aromatic heterocycles. The number of amides is 2. The van der Waals surface area contributed by atoms with Crippen LogP contribution in [0.4, 0.5) is 10.6 Å². The number of rotatable bonds is 4. The second kappa shape index (κ2) is 9.52. The third kappa shape index (κ3) is 4.47. The summed E-state index contributed by atoms with van der Waals surface area (Å²) in [6.45, 7) is 8.21. The number of thiocarbonyl (C=S) groups is 1. The van der Waals surface area contributed by atoms with E-state index in [2.05, 4.69) is 0 Å². The van der Waals surface area contributed by atoms with Crippen LogP contribution in [0.3, 0.4) is 0 Å². The van der Waals surface area contributed by atoms with E-state index in [0.29, 0.717) is 65.6 Å². The fourth-order valence-electron chi connectivity index (χ4n) is 3.83. The van der Waals surface area contributed by atoms with Crippen LogP contribution in [0, 0.1) is 6.92 Å². The van der Waals surface area contributed by atoms with E-state index < -0.39 is 0 Å². The lowest BCUT2D eigenvalue weighted by atomic mass is 10.2. The zero-order valence-electron chi connectivity index (χ0n) is 18.7. The summed E-state index contributed by atoms with van der Waals surface area (Å²) in [5.74, 6) is 0.286. The number of carbonyl (C=O) groups excluding carboxylic acids is 2. The molecule has 2 fully saturated rings. The smallest absolute Gasteiger partial charge is 0.409 e. The monoisotopic (exact) mass is 487 g/mol. The van der Waals surface area contributed by atoms with Gasteiger partial charge in [-0.1, -0.05) is 30.0 Å². The largest absolute Gasteiger partial charge is 0.450 e. The Bertz CT molecular complexity index is 1220. The van der Waals surface area contributed by atoms with Gasteiger partial charge in [0.25, 0.3) is 11.5 Å². The summed E-state index contributed by atoms with van der Waals surface area (Å²) in [7, 11) is 0. The molecular weight excluding hydrogens is 462 g/mol. The molecule has 9 nitrogen and oxygen atoms in total. The van der Waals surface area contributed by atoms with Gasteiger partial charge in [0.15, 0.2) is 0 Å². The number of aryl methyl sites for hydroxylation is 1. The van der Waals surface area contributed by atoms with E-state index in [1.807, 2.05) is 24.8 Å². The van der Waals surface area contributed by atoms with Crippen molar-refractivity contribution in [3.8, 4) is 0 Å². The van der Waals surface area contributed by atoms with E-state index in [4.69, 9.17) is 21.9 Å². The molecule has 2 saturated heterocycles. The standard InChI is InChI=1S/C22H25N5O4S2/c1-4-26-20(29)16(33-22(26)32)12-15-18(23-17-7-6-14(3)13-27(17)19(15)28)24-8-10-25(11-9-24)21(30)31-5-2/h6-7,12-13H,4-5,8-11H2,1-3H3. The first kappa shape index (κ1) is 23.2. The molecule has 2 aromatic rings. The van der Waals surface area contributed by atoms with Gasteiger partial charge in [-0.05, 0) is 38.5 Å². The van der Waals surface area contributed by atoms with Gasteiger partial charge in [0.05, 0.1) is 17.1 Å². The Morgan fingerprint density at radius 1 is 1.21 bits per heavy atom. The molecule has 2 aliphatic heterocycles. The molecular formula is C22H25N5O4S2. The number of thioether (sulfide) groups is 1. The van der Waals surface area contributed by atoms with Gasteiger partial charge < -0.3 is 14.5 Å². The highest BCUT2D eigenvalue weighted by Crippen LogP contribution is 2.33. The lowest BCUT2D eigenvalue weighted by Gasteiger charge is -2.35. The highest BCUT2D eigenvalue weighted by Gasteiger charge is 2.32. The first-order valence-corrected chi connectivity index (χ1v) is 12.0. The van der Waals surface area contributed by atoms with Crippen molar-refractivity contribution in [1.82, 2.24) is 19.2 Å². The Kier molecular flexibility index (Phi) is 6.71. The van der Waals surface area contributed by atoms with Crippen molar-refractivity contribution in [2.24, 2.45) is 0 Å². The van der Waals surface area contributed by atoms with Crippen molar-refractivity contribution in [3.63, 3.8) is 0 Å². The average Bonchev–Trinajstić information content (AvgIpc) is 3.08. The SMILES string of the molecule is CCOC(=O)N1CCN(c2nc3ccc(C)cn3c(=O)c2C=C2SC(=S)N(CC)C2=O)CC1. The lowest BCUT2D eigenvalue weighted by Crippen LogP contribution is -2.49. The molecule has 174 valence electrons. The van der Waals surface area contributed by atoms with Gasteiger partial charge in [0, 0.05) is 38.9 Å². The molecule has 4 rings (SSSR count). The summed E-state index contributed by atoms with van der Waals surface area (Å²) in [5, 5.41) is 0. The van der Waals surface area contributed by atoms with Gasteiger partial charge in [-0.25, -0.2) is 9.78 Å². The summed E-state index contributed by atoms with van der Waals surface area (Å²) >= 11 is 6.51. The molecule has 0 aliphatic carbocycles. The van der Waals surface area contributed by atoms with Crippen LogP contribution in [0.2, 0.25) is 0 Å². The van der Waals surface area contributed by atoms with Crippen LogP contribution in [0.15, 0.2) is 28.0 Å². The van der Waals surface area contributed by atoms with Crippen molar-refractivity contribution in [1.29, 1.82) is 0 Å². The Morgan fingerprint density at radius 2 is 1.94 bits per heavy atom. The Balaban J connectivity index is 1.76. The minimum absolute atomic E-state index is 0.209. The Hall–Kier alpha value is -2.92. The first-order chi connectivity index (χ1) is 15.8. The van der Waals surface area contributed by atoms with Crippen LogP contribution in [0.5, 0.6) is 0 Å². The Labute approximate surface area is 201 Å². The Morgan fingerprint density at radius 3 is 2.58 bits per heavy atom. The number of pyridine rings is 1. The summed E-state index contributed by atoms with van der Waals surface area (Å²) < 4.78 is 7.07. The second-order valence-corrected chi connectivity index (χ2v) is 9.36. The highest BCUT2D eigenvalue weighted by atomic mass is 32.2. The number of aromatic nitrogens is 2. The summed E-state index contributed by atoms with van der Waals surface area (Å²) in [4.78, 5) is 48.7. The normalized spacial score (nSPS) is 18.0. The zero-order chi connectivity index (χ0) is 23.7. The number of carbonyl (C=O) groups is 2. The molecule has 0 N–H and O–H groups in total. The number of likely N-dealkylation sites (N-methyl/N-ethyl adjacent to an activating group) is 1. The van der Waals surface area contributed by atoms with Gasteiger partial charge >= 0.3 is 6.09 Å². The van der Waals surface area contributed by atoms with Crippen molar-refractivity contribution in [2.45, 2.75) is 20.8 Å². The predicted octanol–water partition coefficient (Wildman–Crippen LogP) is 2.50. The van der Waals surface area contributed by atoms with Crippen molar-refractivity contribution in [2.75, 3.05) is 44.2 Å². The minimum Gasteiger partial charge on any atom is -0.450 e. The fourth-order valence-corrected chi connectivity index (χ4v) is 5.20. The predicted molar refractivity (Wildman–Crippen MR) is 133 cm³/mol. The molecule has 0 atom stereocenters. The van der Waals surface area contributed by atoms with Crippen molar-refractivity contribution in [3.05, 3.63) is 44.7 Å². The number of ether oxygens (including phenoxy) is 1. The summed E-state index contributed by atoms with van der Waals surface area (Å²) in [5.41, 5.74) is 1.52. The van der Waals surface area contributed by atoms with Crippen LogP contribution in [-0.4, -0.2) is 74.8 Å². The molecule has 0 bridgehead atoms. The highest BCUT2D eigenvalue weighted by molar-refractivity contribution is 8.26. The maximum atomic E-state index is 13.5. The van der Waals surface area contributed by atoms with Gasteiger partial charge in [-0.2, -0.15) is 0 Å². The molecule has 33 heavy (non-hydrogen) atoms. The maximum Gasteiger partial charge on any atom is 0.409 e. The molecule has 11 heteroatoms.